The predicted molar refractivity (Wildman–Crippen MR) is 199 cm³/mol. The van der Waals surface area contributed by atoms with Gasteiger partial charge in [0.15, 0.2) is 0 Å². The fraction of sp³-hybridized carbons (Fsp3) is 0.133. The molecule has 1 aromatic heterocycles. The Labute approximate surface area is 291 Å². The fourth-order valence-corrected chi connectivity index (χ4v) is 8.42. The van der Waals surface area contributed by atoms with Crippen LogP contribution in [0.4, 0.5) is 11.4 Å². The van der Waals surface area contributed by atoms with Crippen molar-refractivity contribution in [2.45, 2.75) is 37.6 Å². The van der Waals surface area contributed by atoms with E-state index in [1.54, 1.807) is 0 Å². The van der Waals surface area contributed by atoms with Crippen molar-refractivity contribution in [1.29, 1.82) is 15.8 Å². The normalized spacial score (nSPS) is 17.9. The quantitative estimate of drug-likeness (QED) is 0.196. The van der Waals surface area contributed by atoms with Gasteiger partial charge in [-0.15, -0.1) is 0 Å². The van der Waals surface area contributed by atoms with Gasteiger partial charge in [-0.05, 0) is 114 Å². The summed E-state index contributed by atoms with van der Waals surface area (Å²) in [4.78, 5) is 2.34. The number of hydrogen-bond acceptors (Lipinski definition) is 4. The summed E-state index contributed by atoms with van der Waals surface area (Å²) < 4.78 is 2.38. The average Bonchev–Trinajstić information content (AvgIpc) is 3.69. The molecule has 3 aliphatic carbocycles. The van der Waals surface area contributed by atoms with Crippen molar-refractivity contribution < 1.29 is 0 Å². The van der Waals surface area contributed by atoms with E-state index in [0.717, 1.165) is 70.6 Å². The Bertz CT molecular complexity index is 2460. The first-order chi connectivity index (χ1) is 24.7. The Morgan fingerprint density at radius 1 is 0.620 bits per heavy atom. The molecule has 5 nitrogen and oxygen atoms in total. The number of benzene rings is 4. The lowest BCUT2D eigenvalue weighted by Gasteiger charge is -2.31. The Hall–Kier alpha value is -6.61. The van der Waals surface area contributed by atoms with Gasteiger partial charge in [0.2, 0.25) is 0 Å². The van der Waals surface area contributed by atoms with Crippen molar-refractivity contribution in [3.8, 4) is 46.1 Å². The summed E-state index contributed by atoms with van der Waals surface area (Å²) >= 11 is 0. The summed E-state index contributed by atoms with van der Waals surface area (Å²) in [5.74, 6) is -0.0651. The number of nitrogens with zero attached hydrogens (tertiary/aromatic N) is 5. The first kappa shape index (κ1) is 29.5. The number of allylic oxidation sites excluding steroid dienone is 4. The van der Waals surface area contributed by atoms with Crippen LogP contribution < -0.4 is 4.90 Å². The molecular weight excluding hydrogens is 611 g/mol. The number of para-hydroxylation sites is 1. The first-order valence-electron chi connectivity index (χ1n) is 17.1. The smallest absolute Gasteiger partial charge is 0.0998 e. The molecule has 4 aromatic carbocycles. The molecule has 50 heavy (non-hydrogen) atoms. The van der Waals surface area contributed by atoms with E-state index < -0.39 is 0 Å². The maximum atomic E-state index is 10.5. The van der Waals surface area contributed by atoms with Gasteiger partial charge in [-0.1, -0.05) is 66.8 Å². The van der Waals surface area contributed by atoms with Crippen LogP contribution >= 0.6 is 0 Å². The molecule has 1 aliphatic heterocycles. The van der Waals surface area contributed by atoms with Crippen LogP contribution in [0.3, 0.4) is 0 Å². The third-order valence-corrected chi connectivity index (χ3v) is 10.6. The number of hydrogen-bond donors (Lipinski definition) is 0. The molecule has 0 saturated carbocycles. The highest BCUT2D eigenvalue weighted by Gasteiger charge is 2.39. The molecule has 0 amide bonds. The van der Waals surface area contributed by atoms with Gasteiger partial charge in [-0.3, -0.25) is 0 Å². The Kier molecular flexibility index (Phi) is 6.98. The van der Waals surface area contributed by atoms with E-state index in [9.17, 15) is 15.8 Å². The SMILES string of the molecule is N#CC1=CC2c3cc(C#N)ccc3N(c3ccccc3-c3ccccc3-c3cc(-n4c5c(c6c4C=CCC6)CCC=C5)ccc3C#N)C2C=C1. The van der Waals surface area contributed by atoms with Gasteiger partial charge in [-0.25, -0.2) is 0 Å². The van der Waals surface area contributed by atoms with Gasteiger partial charge < -0.3 is 9.47 Å². The van der Waals surface area contributed by atoms with Crippen molar-refractivity contribution in [3.05, 3.63) is 160 Å². The summed E-state index contributed by atoms with van der Waals surface area (Å²) in [6.45, 7) is 0. The molecule has 236 valence electrons. The Balaban J connectivity index is 1.22. The van der Waals surface area contributed by atoms with E-state index in [-0.39, 0.29) is 12.0 Å². The van der Waals surface area contributed by atoms with Crippen LogP contribution in [0.15, 0.2) is 121 Å². The maximum Gasteiger partial charge on any atom is 0.0998 e. The van der Waals surface area contributed by atoms with Gasteiger partial charge in [0, 0.05) is 51.1 Å². The van der Waals surface area contributed by atoms with Gasteiger partial charge in [-0.2, -0.15) is 15.8 Å². The van der Waals surface area contributed by atoms with Crippen LogP contribution in [0.2, 0.25) is 0 Å². The summed E-state index contributed by atoms with van der Waals surface area (Å²) in [7, 11) is 0. The Morgan fingerprint density at radius 3 is 2.02 bits per heavy atom. The topological polar surface area (TPSA) is 79.5 Å². The van der Waals surface area contributed by atoms with Gasteiger partial charge in [0.05, 0.1) is 35.4 Å². The zero-order valence-electron chi connectivity index (χ0n) is 27.3. The number of nitriles is 3. The van der Waals surface area contributed by atoms with Crippen molar-refractivity contribution in [2.75, 3.05) is 4.90 Å². The first-order valence-corrected chi connectivity index (χ1v) is 17.1. The molecule has 5 aromatic rings. The fourth-order valence-electron chi connectivity index (χ4n) is 8.42. The summed E-state index contributed by atoms with van der Waals surface area (Å²) in [6.07, 6.45) is 19.3. The highest BCUT2D eigenvalue weighted by atomic mass is 15.2. The van der Waals surface area contributed by atoms with Gasteiger partial charge in [0.1, 0.15) is 0 Å². The molecule has 0 N–H and O–H groups in total. The summed E-state index contributed by atoms with van der Waals surface area (Å²) in [5, 5.41) is 29.9. The highest BCUT2D eigenvalue weighted by Crippen LogP contribution is 2.51. The van der Waals surface area contributed by atoms with Crippen molar-refractivity contribution >= 4 is 23.5 Å². The maximum absolute atomic E-state index is 10.5. The largest absolute Gasteiger partial charge is 0.333 e. The van der Waals surface area contributed by atoms with Crippen LogP contribution in [-0.4, -0.2) is 10.6 Å². The monoisotopic (exact) mass is 641 g/mol. The molecule has 2 unspecified atom stereocenters. The van der Waals surface area contributed by atoms with Crippen LogP contribution in [0.5, 0.6) is 0 Å². The zero-order valence-corrected chi connectivity index (χ0v) is 27.3. The Morgan fingerprint density at radius 2 is 1.32 bits per heavy atom. The third kappa shape index (κ3) is 4.51. The molecule has 5 heteroatoms. The van der Waals surface area contributed by atoms with E-state index in [4.69, 9.17) is 0 Å². The van der Waals surface area contributed by atoms with Crippen LogP contribution in [-0.2, 0) is 12.8 Å². The standard InChI is InChI=1S/C45H31N5/c46-26-29-17-21-44-39(23-29)40-24-30(27-47)18-22-45(40)50(44)43-16-8-3-11-35(43)33-9-1-2-10-34(33)38-25-32(20-19-31(38)28-48)49-41-14-6-4-12-36(41)37-13-5-7-15-42(37)49/h1-3,6-11,14-25,39,44H,4-5,12-13H2. The molecule has 0 radical (unpaired) electrons. The molecule has 2 atom stereocenters. The lowest BCUT2D eigenvalue weighted by atomic mass is 9.87. The lowest BCUT2D eigenvalue weighted by Crippen LogP contribution is -2.29. The van der Waals surface area contributed by atoms with Crippen LogP contribution in [0.25, 0.3) is 40.1 Å². The predicted octanol–water partition coefficient (Wildman–Crippen LogP) is 10.1. The second kappa shape index (κ2) is 11.8. The highest BCUT2D eigenvalue weighted by molar-refractivity contribution is 5.94. The number of aromatic nitrogens is 1. The van der Waals surface area contributed by atoms with Gasteiger partial charge in [0.25, 0.3) is 0 Å². The van der Waals surface area contributed by atoms with E-state index in [0.29, 0.717) is 16.7 Å². The molecule has 0 saturated heterocycles. The van der Waals surface area contributed by atoms with E-state index in [1.807, 2.05) is 42.5 Å². The van der Waals surface area contributed by atoms with Crippen molar-refractivity contribution in [2.24, 2.45) is 0 Å². The van der Waals surface area contributed by atoms with E-state index >= 15 is 0 Å². The molecule has 0 fully saturated rings. The van der Waals surface area contributed by atoms with E-state index in [2.05, 4.69) is 113 Å². The molecule has 2 heterocycles. The van der Waals surface area contributed by atoms with Crippen LogP contribution in [0.1, 0.15) is 58.0 Å². The summed E-state index contributed by atoms with van der Waals surface area (Å²) in [5.41, 5.74) is 15.3. The molecular formula is C45H31N5. The molecule has 9 rings (SSSR count). The summed E-state index contributed by atoms with van der Waals surface area (Å²) in [6, 6.07) is 35.9. The molecule has 0 spiro atoms. The molecule has 4 aliphatic rings. The van der Waals surface area contributed by atoms with Crippen LogP contribution in [0, 0.1) is 34.0 Å². The molecule has 0 bridgehead atoms. The van der Waals surface area contributed by atoms with Crippen molar-refractivity contribution in [3.63, 3.8) is 0 Å². The minimum Gasteiger partial charge on any atom is -0.333 e. The minimum absolute atomic E-state index is 0.0606. The second-order valence-electron chi connectivity index (χ2n) is 13.2. The van der Waals surface area contributed by atoms with Gasteiger partial charge >= 0.3 is 0 Å². The second-order valence-corrected chi connectivity index (χ2v) is 13.2. The number of rotatable bonds is 4. The van der Waals surface area contributed by atoms with Crippen molar-refractivity contribution in [1.82, 2.24) is 4.57 Å². The zero-order chi connectivity index (χ0) is 33.8. The number of anilines is 2. The van der Waals surface area contributed by atoms with E-state index in [1.165, 1.54) is 22.5 Å². The average molecular weight is 642 g/mol. The minimum atomic E-state index is -0.0651. The third-order valence-electron chi connectivity index (χ3n) is 10.6. The number of fused-ring (bicyclic) bond motifs is 6. The lowest BCUT2D eigenvalue weighted by molar-refractivity contribution is 0.741.